The normalized spacial score (nSPS) is 12.5. The maximum atomic E-state index is 5.78. The number of nitrogens with one attached hydrogen (secondary N) is 1. The highest BCUT2D eigenvalue weighted by Gasteiger charge is 2.17. The molecule has 0 radical (unpaired) electrons. The maximum absolute atomic E-state index is 5.78. The standard InChI is InChI=1S/C15H21NO3/c1-4-5-16-8-12-6-14-15(19-10-18-14)7-13(12)17-9-11(2)3/h6-7,16H,2,4-5,8-10H2,1,3H3. The zero-order chi connectivity index (χ0) is 13.7. The molecule has 1 aromatic carbocycles. The summed E-state index contributed by atoms with van der Waals surface area (Å²) in [5.41, 5.74) is 2.07. The maximum Gasteiger partial charge on any atom is 0.231 e. The Hall–Kier alpha value is -1.68. The van der Waals surface area contributed by atoms with Gasteiger partial charge < -0.3 is 19.5 Å². The van der Waals surface area contributed by atoms with Gasteiger partial charge in [-0.2, -0.15) is 0 Å². The molecule has 0 unspecified atom stereocenters. The van der Waals surface area contributed by atoms with Crippen molar-refractivity contribution in [2.75, 3.05) is 19.9 Å². The van der Waals surface area contributed by atoms with Gasteiger partial charge in [-0.25, -0.2) is 0 Å². The third-order valence-corrected chi connectivity index (χ3v) is 2.77. The van der Waals surface area contributed by atoms with Gasteiger partial charge >= 0.3 is 0 Å². The third-order valence-electron chi connectivity index (χ3n) is 2.77. The summed E-state index contributed by atoms with van der Waals surface area (Å²) in [5, 5.41) is 3.37. The van der Waals surface area contributed by atoms with Crippen LogP contribution in [0.4, 0.5) is 0 Å². The number of fused-ring (bicyclic) bond motifs is 1. The number of hydrogen-bond acceptors (Lipinski definition) is 4. The average Bonchev–Trinajstić information content (AvgIpc) is 2.83. The van der Waals surface area contributed by atoms with E-state index in [1.165, 1.54) is 0 Å². The van der Waals surface area contributed by atoms with Crippen molar-refractivity contribution < 1.29 is 14.2 Å². The van der Waals surface area contributed by atoms with E-state index in [0.29, 0.717) is 6.61 Å². The molecule has 0 amide bonds. The van der Waals surface area contributed by atoms with Gasteiger partial charge in [0.2, 0.25) is 6.79 Å². The Bertz CT molecular complexity index is 457. The Morgan fingerprint density at radius 1 is 1.37 bits per heavy atom. The lowest BCUT2D eigenvalue weighted by Crippen LogP contribution is -2.15. The van der Waals surface area contributed by atoms with Crippen molar-refractivity contribution in [2.45, 2.75) is 26.8 Å². The molecule has 1 N–H and O–H groups in total. The topological polar surface area (TPSA) is 39.7 Å². The molecule has 0 saturated carbocycles. The van der Waals surface area contributed by atoms with E-state index in [2.05, 4.69) is 18.8 Å². The van der Waals surface area contributed by atoms with Gasteiger partial charge in [0.05, 0.1) is 0 Å². The third kappa shape index (κ3) is 3.64. The molecule has 1 aliphatic heterocycles. The van der Waals surface area contributed by atoms with Crippen molar-refractivity contribution in [3.63, 3.8) is 0 Å². The molecule has 1 heterocycles. The molecule has 1 aliphatic rings. The van der Waals surface area contributed by atoms with E-state index >= 15 is 0 Å². The fourth-order valence-corrected chi connectivity index (χ4v) is 1.84. The predicted octanol–water partition coefficient (Wildman–Crippen LogP) is 2.87. The number of ether oxygens (including phenoxy) is 3. The minimum absolute atomic E-state index is 0.279. The lowest BCUT2D eigenvalue weighted by atomic mass is 10.1. The first-order chi connectivity index (χ1) is 9.20. The van der Waals surface area contributed by atoms with Crippen LogP contribution in [0.1, 0.15) is 25.8 Å². The minimum Gasteiger partial charge on any atom is -0.489 e. The molecule has 0 spiro atoms. The van der Waals surface area contributed by atoms with Crippen molar-refractivity contribution in [1.82, 2.24) is 5.32 Å². The molecule has 2 rings (SSSR count). The first-order valence-electron chi connectivity index (χ1n) is 6.61. The molecule has 104 valence electrons. The Morgan fingerprint density at radius 3 is 2.79 bits per heavy atom. The molecule has 0 bridgehead atoms. The molecule has 0 saturated heterocycles. The largest absolute Gasteiger partial charge is 0.489 e. The second kappa shape index (κ2) is 6.48. The van der Waals surface area contributed by atoms with Crippen LogP contribution in [-0.2, 0) is 6.54 Å². The van der Waals surface area contributed by atoms with Gasteiger partial charge in [-0.1, -0.05) is 13.5 Å². The van der Waals surface area contributed by atoms with Gasteiger partial charge in [0.25, 0.3) is 0 Å². The van der Waals surface area contributed by atoms with Crippen LogP contribution in [0.15, 0.2) is 24.3 Å². The summed E-state index contributed by atoms with van der Waals surface area (Å²) in [6, 6.07) is 3.88. The summed E-state index contributed by atoms with van der Waals surface area (Å²) in [6.45, 7) is 10.5. The average molecular weight is 263 g/mol. The van der Waals surface area contributed by atoms with Crippen LogP contribution in [0.25, 0.3) is 0 Å². The van der Waals surface area contributed by atoms with Crippen LogP contribution in [0, 0.1) is 0 Å². The molecular weight excluding hydrogens is 242 g/mol. The summed E-state index contributed by atoms with van der Waals surface area (Å²) in [6.07, 6.45) is 1.10. The molecule has 1 aromatic rings. The monoisotopic (exact) mass is 263 g/mol. The summed E-state index contributed by atoms with van der Waals surface area (Å²) in [4.78, 5) is 0. The van der Waals surface area contributed by atoms with Crippen LogP contribution in [0.2, 0.25) is 0 Å². The molecule has 0 aliphatic carbocycles. The van der Waals surface area contributed by atoms with E-state index in [9.17, 15) is 0 Å². The fraction of sp³-hybridized carbons (Fsp3) is 0.467. The van der Waals surface area contributed by atoms with Crippen LogP contribution in [0.3, 0.4) is 0 Å². The highest BCUT2D eigenvalue weighted by Crippen LogP contribution is 2.38. The minimum atomic E-state index is 0.279. The smallest absolute Gasteiger partial charge is 0.231 e. The molecule has 0 fully saturated rings. The number of benzene rings is 1. The van der Waals surface area contributed by atoms with E-state index in [-0.39, 0.29) is 6.79 Å². The van der Waals surface area contributed by atoms with E-state index in [4.69, 9.17) is 14.2 Å². The van der Waals surface area contributed by atoms with Gasteiger partial charge in [0, 0.05) is 18.2 Å². The molecule has 4 heteroatoms. The molecule has 4 nitrogen and oxygen atoms in total. The van der Waals surface area contributed by atoms with Crippen LogP contribution >= 0.6 is 0 Å². The van der Waals surface area contributed by atoms with Gasteiger partial charge in [0.1, 0.15) is 12.4 Å². The summed E-state index contributed by atoms with van der Waals surface area (Å²) in [5.74, 6) is 2.36. The van der Waals surface area contributed by atoms with Crippen molar-refractivity contribution >= 4 is 0 Å². The number of hydrogen-bond donors (Lipinski definition) is 1. The lowest BCUT2D eigenvalue weighted by molar-refractivity contribution is 0.174. The van der Waals surface area contributed by atoms with Crippen molar-refractivity contribution in [2.24, 2.45) is 0 Å². The van der Waals surface area contributed by atoms with Gasteiger partial charge in [-0.3, -0.25) is 0 Å². The first kappa shape index (κ1) is 13.7. The Morgan fingerprint density at radius 2 is 2.11 bits per heavy atom. The summed E-state index contributed by atoms with van der Waals surface area (Å²) >= 11 is 0. The van der Waals surface area contributed by atoms with Crippen LogP contribution in [0.5, 0.6) is 17.2 Å². The van der Waals surface area contributed by atoms with E-state index in [1.807, 2.05) is 19.1 Å². The van der Waals surface area contributed by atoms with Gasteiger partial charge in [-0.15, -0.1) is 0 Å². The van der Waals surface area contributed by atoms with Gasteiger partial charge in [-0.05, 0) is 31.5 Å². The second-order valence-corrected chi connectivity index (χ2v) is 4.74. The molecular formula is C15H21NO3. The highest BCUT2D eigenvalue weighted by molar-refractivity contribution is 5.51. The Balaban J connectivity index is 2.14. The predicted molar refractivity (Wildman–Crippen MR) is 74.9 cm³/mol. The summed E-state index contributed by atoms with van der Waals surface area (Å²) < 4.78 is 16.6. The fourth-order valence-electron chi connectivity index (χ4n) is 1.84. The van der Waals surface area contributed by atoms with Crippen molar-refractivity contribution in [3.05, 3.63) is 29.8 Å². The Labute approximate surface area is 114 Å². The van der Waals surface area contributed by atoms with Crippen molar-refractivity contribution in [3.8, 4) is 17.2 Å². The SMILES string of the molecule is C=C(C)COc1cc2c(cc1CNCCC)OCO2. The van der Waals surface area contributed by atoms with E-state index < -0.39 is 0 Å². The molecule has 0 atom stereocenters. The Kier molecular flexibility index (Phi) is 4.68. The lowest BCUT2D eigenvalue weighted by Gasteiger charge is -2.13. The highest BCUT2D eigenvalue weighted by atomic mass is 16.7. The zero-order valence-electron chi connectivity index (χ0n) is 11.6. The van der Waals surface area contributed by atoms with Crippen molar-refractivity contribution in [1.29, 1.82) is 0 Å². The second-order valence-electron chi connectivity index (χ2n) is 4.74. The number of rotatable bonds is 7. The zero-order valence-corrected chi connectivity index (χ0v) is 11.6. The van der Waals surface area contributed by atoms with E-state index in [1.54, 1.807) is 0 Å². The van der Waals surface area contributed by atoms with Crippen LogP contribution < -0.4 is 19.5 Å². The molecule has 19 heavy (non-hydrogen) atoms. The summed E-state index contributed by atoms with van der Waals surface area (Å²) in [7, 11) is 0. The van der Waals surface area contributed by atoms with E-state index in [0.717, 1.165) is 47.9 Å². The molecule has 0 aromatic heterocycles. The van der Waals surface area contributed by atoms with Gasteiger partial charge in [0.15, 0.2) is 11.5 Å². The first-order valence-corrected chi connectivity index (χ1v) is 6.61. The van der Waals surface area contributed by atoms with Crippen LogP contribution in [-0.4, -0.2) is 19.9 Å². The quantitative estimate of drug-likeness (QED) is 0.606.